The number of carbonyl (C=O) groups excluding carboxylic acids is 1. The van der Waals surface area contributed by atoms with Gasteiger partial charge >= 0.3 is 5.91 Å². The Labute approximate surface area is 131 Å². The highest BCUT2D eigenvalue weighted by Gasteiger charge is 2.74. The zero-order chi connectivity index (χ0) is 15.3. The molecule has 4 heteroatoms. The molecule has 0 radical (unpaired) electrons. The predicted molar refractivity (Wildman–Crippen MR) is 83.8 cm³/mol. The number of hydrogen-bond donors (Lipinski definition) is 0. The van der Waals surface area contributed by atoms with Gasteiger partial charge < -0.3 is 0 Å². The molecule has 1 saturated heterocycles. The average molecular weight is 308 g/mol. The van der Waals surface area contributed by atoms with Crippen LogP contribution in [-0.4, -0.2) is 28.0 Å². The van der Waals surface area contributed by atoms with Gasteiger partial charge in [-0.05, 0) is 39.7 Å². The van der Waals surface area contributed by atoms with E-state index < -0.39 is 0 Å². The van der Waals surface area contributed by atoms with Crippen molar-refractivity contribution in [2.75, 3.05) is 6.54 Å². The maximum Gasteiger partial charge on any atom is 0.327 e. The van der Waals surface area contributed by atoms with Crippen LogP contribution in [0.1, 0.15) is 58.1 Å². The summed E-state index contributed by atoms with van der Waals surface area (Å²) in [7, 11) is 0. The monoisotopic (exact) mass is 307 g/mol. The van der Waals surface area contributed by atoms with Crippen molar-refractivity contribution in [2.45, 2.75) is 58.5 Å². The van der Waals surface area contributed by atoms with E-state index in [-0.39, 0.29) is 17.5 Å². The molecule has 0 bridgehead atoms. The fourth-order valence-corrected chi connectivity index (χ4v) is 5.09. The van der Waals surface area contributed by atoms with E-state index in [1.165, 1.54) is 0 Å². The maximum atomic E-state index is 13.2. The van der Waals surface area contributed by atoms with Gasteiger partial charge in [0.2, 0.25) is 0 Å². The van der Waals surface area contributed by atoms with Gasteiger partial charge in [-0.2, -0.15) is 0 Å². The van der Waals surface area contributed by atoms with Crippen molar-refractivity contribution in [3.8, 4) is 0 Å². The molecule has 3 nitrogen and oxygen atoms in total. The van der Waals surface area contributed by atoms with Gasteiger partial charge in [0.15, 0.2) is 0 Å². The summed E-state index contributed by atoms with van der Waals surface area (Å²) in [6, 6.07) is 2.53. The van der Waals surface area contributed by atoms with Crippen LogP contribution in [0.4, 0.5) is 0 Å². The van der Waals surface area contributed by atoms with Crippen molar-refractivity contribution in [1.29, 1.82) is 0 Å². The first kappa shape index (κ1) is 15.0. The first-order valence-corrected chi connectivity index (χ1v) is 8.39. The second-order valence-corrected chi connectivity index (χ2v) is 7.28. The normalized spacial score (nSPS) is 30.9. The molecule has 1 amide bonds. The van der Waals surface area contributed by atoms with Crippen LogP contribution in [0.25, 0.3) is 0 Å². The van der Waals surface area contributed by atoms with Crippen LogP contribution in [-0.2, 0) is 4.79 Å². The smallest absolute Gasteiger partial charge is 0.263 e. The molecule has 2 atom stereocenters. The first-order chi connectivity index (χ1) is 9.99. The summed E-state index contributed by atoms with van der Waals surface area (Å²) < 4.78 is 0.558. The molecular weight excluding hydrogens is 284 g/mol. The zero-order valence-electron chi connectivity index (χ0n) is 13.1. The van der Waals surface area contributed by atoms with Crippen LogP contribution in [0.15, 0.2) is 18.5 Å². The second kappa shape index (κ2) is 5.06. The lowest BCUT2D eigenvalue weighted by Crippen LogP contribution is -2.76. The summed E-state index contributed by atoms with van der Waals surface area (Å²) in [5.41, 5.74) is 0.978. The lowest BCUT2D eigenvalue weighted by atomic mass is 9.63. The second-order valence-electron chi connectivity index (χ2n) is 6.85. The molecule has 1 aromatic rings. The fourth-order valence-electron chi connectivity index (χ4n) is 4.90. The fraction of sp³-hybridized carbons (Fsp3) is 0.647. The molecule has 1 spiro atoms. The summed E-state index contributed by atoms with van der Waals surface area (Å²) in [5.74, 6) is 0.447. The van der Waals surface area contributed by atoms with E-state index in [0.717, 1.165) is 37.8 Å². The molecule has 1 aliphatic heterocycles. The number of hydrogen-bond acceptors (Lipinski definition) is 2. The van der Waals surface area contributed by atoms with E-state index in [0.29, 0.717) is 15.4 Å². The van der Waals surface area contributed by atoms with Gasteiger partial charge in [0, 0.05) is 18.0 Å². The summed E-state index contributed by atoms with van der Waals surface area (Å²) in [6.07, 6.45) is 7.96. The Bertz CT molecular complexity index is 566. The number of rotatable bonds is 3. The van der Waals surface area contributed by atoms with Crippen LogP contribution in [0.5, 0.6) is 0 Å². The third-order valence-corrected chi connectivity index (χ3v) is 5.98. The molecule has 2 heterocycles. The number of aromatic nitrogens is 1. The van der Waals surface area contributed by atoms with Crippen LogP contribution in [0, 0.1) is 5.41 Å². The highest BCUT2D eigenvalue weighted by molar-refractivity contribution is 6.30. The summed E-state index contributed by atoms with van der Waals surface area (Å²) in [5, 5.41) is 0.665. The SMILES string of the molecule is CC[N+]1(C(C)C)C(=O)C2(CCCC2)C1c1cncc(Cl)c1. The maximum absolute atomic E-state index is 13.2. The highest BCUT2D eigenvalue weighted by Crippen LogP contribution is 2.64. The minimum Gasteiger partial charge on any atom is -0.263 e. The van der Waals surface area contributed by atoms with Gasteiger partial charge in [-0.1, -0.05) is 24.4 Å². The minimum absolute atomic E-state index is 0.160. The molecule has 3 rings (SSSR count). The van der Waals surface area contributed by atoms with Crippen LogP contribution in [0.3, 0.4) is 0 Å². The molecule has 2 fully saturated rings. The average Bonchev–Trinajstić information content (AvgIpc) is 2.94. The number of halogens is 1. The van der Waals surface area contributed by atoms with Crippen molar-refractivity contribution >= 4 is 17.5 Å². The Morgan fingerprint density at radius 2 is 2.05 bits per heavy atom. The van der Waals surface area contributed by atoms with Gasteiger partial charge in [0.05, 0.1) is 17.6 Å². The van der Waals surface area contributed by atoms with Gasteiger partial charge in [-0.3, -0.25) is 9.47 Å². The number of likely N-dealkylation sites (tertiary alicyclic amines) is 1. The largest absolute Gasteiger partial charge is 0.327 e. The highest BCUT2D eigenvalue weighted by atomic mass is 35.5. The third-order valence-electron chi connectivity index (χ3n) is 5.77. The molecule has 2 unspecified atom stereocenters. The number of amides is 1. The van der Waals surface area contributed by atoms with Gasteiger partial charge in [-0.15, -0.1) is 0 Å². The van der Waals surface area contributed by atoms with E-state index in [1.807, 2.05) is 12.3 Å². The molecule has 1 saturated carbocycles. The standard InChI is InChI=1S/C17H24ClN2O/c1-4-20(12(2)3)15(13-9-14(18)11-19-10-13)17(16(20)21)7-5-6-8-17/h9-12,15H,4-8H2,1-3H3/q+1. The summed E-state index contributed by atoms with van der Waals surface area (Å²) in [6.45, 7) is 7.29. The molecular formula is C17H24ClN2O+. The lowest BCUT2D eigenvalue weighted by molar-refractivity contribution is -0.947. The minimum atomic E-state index is -0.160. The van der Waals surface area contributed by atoms with Crippen LogP contribution < -0.4 is 0 Å². The van der Waals surface area contributed by atoms with Crippen molar-refractivity contribution in [3.05, 3.63) is 29.0 Å². The van der Waals surface area contributed by atoms with E-state index >= 15 is 0 Å². The van der Waals surface area contributed by atoms with Crippen molar-refractivity contribution in [1.82, 2.24) is 4.98 Å². The first-order valence-electron chi connectivity index (χ1n) is 8.02. The summed E-state index contributed by atoms with van der Waals surface area (Å²) in [4.78, 5) is 17.4. The molecule has 21 heavy (non-hydrogen) atoms. The molecule has 1 aromatic heterocycles. The Kier molecular flexibility index (Phi) is 3.61. The zero-order valence-corrected chi connectivity index (χ0v) is 13.9. The number of pyridine rings is 1. The van der Waals surface area contributed by atoms with Crippen molar-refractivity contribution in [3.63, 3.8) is 0 Å². The topological polar surface area (TPSA) is 30.0 Å². The molecule has 2 aliphatic rings. The Hall–Kier alpha value is -0.930. The number of quaternary nitrogens is 1. The molecule has 114 valence electrons. The predicted octanol–water partition coefficient (Wildman–Crippen LogP) is 4.12. The van der Waals surface area contributed by atoms with E-state index in [9.17, 15) is 4.79 Å². The Morgan fingerprint density at radius 1 is 1.38 bits per heavy atom. The summed E-state index contributed by atoms with van der Waals surface area (Å²) >= 11 is 6.16. The quantitative estimate of drug-likeness (QED) is 0.621. The molecule has 0 aromatic carbocycles. The van der Waals surface area contributed by atoms with E-state index in [1.54, 1.807) is 6.20 Å². The van der Waals surface area contributed by atoms with Gasteiger partial charge in [0.1, 0.15) is 11.5 Å². The van der Waals surface area contributed by atoms with Gasteiger partial charge in [0.25, 0.3) is 0 Å². The molecule has 1 aliphatic carbocycles. The van der Waals surface area contributed by atoms with Crippen LogP contribution in [0.2, 0.25) is 5.02 Å². The molecule has 0 N–H and O–H groups in total. The Balaban J connectivity index is 2.12. The van der Waals surface area contributed by atoms with Crippen LogP contribution >= 0.6 is 11.6 Å². The third kappa shape index (κ3) is 1.83. The van der Waals surface area contributed by atoms with Gasteiger partial charge in [-0.25, -0.2) is 4.79 Å². The Morgan fingerprint density at radius 3 is 2.57 bits per heavy atom. The lowest BCUT2D eigenvalue weighted by Gasteiger charge is -2.61. The van der Waals surface area contributed by atoms with E-state index in [4.69, 9.17) is 11.6 Å². The number of nitrogens with zero attached hydrogens (tertiary/aromatic N) is 2. The van der Waals surface area contributed by atoms with Crippen molar-refractivity contribution in [2.24, 2.45) is 5.41 Å². The van der Waals surface area contributed by atoms with E-state index in [2.05, 4.69) is 25.8 Å². The number of carbonyl (C=O) groups is 1. The van der Waals surface area contributed by atoms with Crippen molar-refractivity contribution < 1.29 is 9.28 Å². The number of β-lactam (4-membered cyclic amide) rings is 1.